The van der Waals surface area contributed by atoms with Crippen LogP contribution in [0.4, 0.5) is 5.69 Å². The second kappa shape index (κ2) is 6.31. The Labute approximate surface area is 124 Å². The second-order valence-electron chi connectivity index (χ2n) is 5.05. The van der Waals surface area contributed by atoms with Crippen LogP contribution in [0.15, 0.2) is 42.5 Å². The predicted molar refractivity (Wildman–Crippen MR) is 82.7 cm³/mol. The molecule has 1 unspecified atom stereocenters. The highest BCUT2D eigenvalue weighted by molar-refractivity contribution is 5.94. The highest BCUT2D eigenvalue weighted by Gasteiger charge is 2.15. The van der Waals surface area contributed by atoms with E-state index in [1.54, 1.807) is 25.1 Å². The molecule has 1 atom stereocenters. The molecule has 0 aliphatic rings. The molecule has 0 bridgehead atoms. The van der Waals surface area contributed by atoms with Crippen LogP contribution in [0.3, 0.4) is 0 Å². The van der Waals surface area contributed by atoms with Crippen molar-refractivity contribution in [1.29, 1.82) is 0 Å². The van der Waals surface area contributed by atoms with E-state index in [1.165, 1.54) is 11.6 Å². The number of aryl methyl sites for hydroxylation is 2. The predicted octanol–water partition coefficient (Wildman–Crippen LogP) is 3.42. The largest absolute Gasteiger partial charge is 0.508 e. The standard InChI is InChI=1S/C17H19NO3/c1-11-7-8-16(9-12(11)2)21-13(3)17(20)18-14-5-4-6-15(19)10-14/h4-10,13,19H,1-3H3,(H,18,20). The van der Waals surface area contributed by atoms with Crippen LogP contribution in [0.2, 0.25) is 0 Å². The normalized spacial score (nSPS) is 11.8. The fourth-order valence-electron chi connectivity index (χ4n) is 1.87. The van der Waals surface area contributed by atoms with Gasteiger partial charge in [0.25, 0.3) is 5.91 Å². The maximum absolute atomic E-state index is 12.1. The van der Waals surface area contributed by atoms with Crippen molar-refractivity contribution in [1.82, 2.24) is 0 Å². The van der Waals surface area contributed by atoms with Gasteiger partial charge in [-0.15, -0.1) is 0 Å². The number of amides is 1. The van der Waals surface area contributed by atoms with Gasteiger partial charge in [0.05, 0.1) is 0 Å². The number of hydrogen-bond donors (Lipinski definition) is 2. The van der Waals surface area contributed by atoms with Crippen LogP contribution in [-0.4, -0.2) is 17.1 Å². The molecule has 0 aliphatic heterocycles. The number of carbonyl (C=O) groups is 1. The fraction of sp³-hybridized carbons (Fsp3) is 0.235. The molecular weight excluding hydrogens is 266 g/mol. The van der Waals surface area contributed by atoms with Crippen molar-refractivity contribution in [3.05, 3.63) is 53.6 Å². The number of benzene rings is 2. The van der Waals surface area contributed by atoms with E-state index in [1.807, 2.05) is 32.0 Å². The molecule has 0 saturated heterocycles. The molecule has 21 heavy (non-hydrogen) atoms. The van der Waals surface area contributed by atoms with Gasteiger partial charge in [-0.1, -0.05) is 12.1 Å². The molecule has 0 radical (unpaired) electrons. The van der Waals surface area contributed by atoms with E-state index in [-0.39, 0.29) is 11.7 Å². The van der Waals surface area contributed by atoms with Crippen molar-refractivity contribution in [2.75, 3.05) is 5.32 Å². The maximum Gasteiger partial charge on any atom is 0.265 e. The molecule has 2 aromatic carbocycles. The van der Waals surface area contributed by atoms with Gasteiger partial charge in [0.15, 0.2) is 6.10 Å². The van der Waals surface area contributed by atoms with Crippen molar-refractivity contribution < 1.29 is 14.6 Å². The first-order chi connectivity index (χ1) is 9.95. The Bertz CT molecular complexity index is 652. The molecule has 110 valence electrons. The van der Waals surface area contributed by atoms with Crippen molar-refractivity contribution in [2.24, 2.45) is 0 Å². The van der Waals surface area contributed by atoms with Crippen molar-refractivity contribution in [3.8, 4) is 11.5 Å². The average Bonchev–Trinajstić information content (AvgIpc) is 2.43. The second-order valence-corrected chi connectivity index (χ2v) is 5.05. The summed E-state index contributed by atoms with van der Waals surface area (Å²) in [6.07, 6.45) is -0.630. The van der Waals surface area contributed by atoms with Gasteiger partial charge in [-0.05, 0) is 56.2 Å². The Morgan fingerprint density at radius 3 is 2.57 bits per heavy atom. The topological polar surface area (TPSA) is 58.6 Å². The number of phenols is 1. The van der Waals surface area contributed by atoms with Gasteiger partial charge in [-0.2, -0.15) is 0 Å². The first-order valence-corrected chi connectivity index (χ1v) is 6.79. The minimum Gasteiger partial charge on any atom is -0.508 e. The van der Waals surface area contributed by atoms with Gasteiger partial charge in [0, 0.05) is 11.8 Å². The summed E-state index contributed by atoms with van der Waals surface area (Å²) in [5.41, 5.74) is 2.84. The van der Waals surface area contributed by atoms with E-state index in [4.69, 9.17) is 4.74 Å². The van der Waals surface area contributed by atoms with E-state index in [0.717, 1.165) is 5.56 Å². The van der Waals surface area contributed by atoms with E-state index >= 15 is 0 Å². The molecule has 0 spiro atoms. The van der Waals surface area contributed by atoms with Gasteiger partial charge >= 0.3 is 0 Å². The van der Waals surface area contributed by atoms with Gasteiger partial charge in [-0.25, -0.2) is 0 Å². The molecule has 0 saturated carbocycles. The first-order valence-electron chi connectivity index (χ1n) is 6.79. The zero-order chi connectivity index (χ0) is 15.4. The molecule has 1 amide bonds. The van der Waals surface area contributed by atoms with Crippen LogP contribution in [0.25, 0.3) is 0 Å². The van der Waals surface area contributed by atoms with Gasteiger partial charge < -0.3 is 15.2 Å². The quantitative estimate of drug-likeness (QED) is 0.905. The lowest BCUT2D eigenvalue weighted by Crippen LogP contribution is -2.30. The number of anilines is 1. The lowest BCUT2D eigenvalue weighted by atomic mass is 10.1. The summed E-state index contributed by atoms with van der Waals surface area (Å²) in [4.78, 5) is 12.1. The summed E-state index contributed by atoms with van der Waals surface area (Å²) in [6, 6.07) is 12.1. The summed E-state index contributed by atoms with van der Waals surface area (Å²) in [6.45, 7) is 5.71. The Morgan fingerprint density at radius 2 is 1.90 bits per heavy atom. The van der Waals surface area contributed by atoms with Gasteiger partial charge in [0.1, 0.15) is 11.5 Å². The number of hydrogen-bond acceptors (Lipinski definition) is 3. The van der Waals surface area contributed by atoms with Crippen LogP contribution in [-0.2, 0) is 4.79 Å². The molecule has 2 rings (SSSR count). The number of phenolic OH excluding ortho intramolecular Hbond substituents is 1. The molecule has 4 nitrogen and oxygen atoms in total. The van der Waals surface area contributed by atoms with Crippen LogP contribution >= 0.6 is 0 Å². The summed E-state index contributed by atoms with van der Waals surface area (Å²) < 4.78 is 5.64. The average molecular weight is 285 g/mol. The summed E-state index contributed by atoms with van der Waals surface area (Å²) in [5, 5.41) is 12.1. The first kappa shape index (κ1) is 14.9. The molecule has 0 heterocycles. The maximum atomic E-state index is 12.1. The minimum atomic E-state index is -0.630. The highest BCUT2D eigenvalue weighted by Crippen LogP contribution is 2.19. The Balaban J connectivity index is 2.00. The number of nitrogens with one attached hydrogen (secondary N) is 1. The van der Waals surface area contributed by atoms with E-state index in [0.29, 0.717) is 11.4 Å². The van der Waals surface area contributed by atoms with E-state index in [9.17, 15) is 9.90 Å². The van der Waals surface area contributed by atoms with Crippen molar-refractivity contribution in [3.63, 3.8) is 0 Å². The summed E-state index contributed by atoms with van der Waals surface area (Å²) in [5.74, 6) is 0.506. The number of aromatic hydroxyl groups is 1. The lowest BCUT2D eigenvalue weighted by molar-refractivity contribution is -0.122. The third kappa shape index (κ3) is 3.99. The smallest absolute Gasteiger partial charge is 0.265 e. The molecule has 0 aliphatic carbocycles. The summed E-state index contributed by atoms with van der Waals surface area (Å²) in [7, 11) is 0. The Morgan fingerprint density at radius 1 is 1.14 bits per heavy atom. The molecule has 2 N–H and O–H groups in total. The minimum absolute atomic E-state index is 0.107. The monoisotopic (exact) mass is 285 g/mol. The zero-order valence-electron chi connectivity index (χ0n) is 12.4. The molecule has 4 heteroatoms. The van der Waals surface area contributed by atoms with Gasteiger partial charge in [0.2, 0.25) is 0 Å². The molecular formula is C17H19NO3. The van der Waals surface area contributed by atoms with Crippen LogP contribution in [0, 0.1) is 13.8 Å². The zero-order valence-corrected chi connectivity index (χ0v) is 12.4. The van der Waals surface area contributed by atoms with Crippen LogP contribution < -0.4 is 10.1 Å². The Kier molecular flexibility index (Phi) is 4.48. The van der Waals surface area contributed by atoms with E-state index < -0.39 is 6.10 Å². The van der Waals surface area contributed by atoms with Crippen LogP contribution in [0.5, 0.6) is 11.5 Å². The number of rotatable bonds is 4. The summed E-state index contributed by atoms with van der Waals surface area (Å²) >= 11 is 0. The third-order valence-corrected chi connectivity index (χ3v) is 3.27. The fourth-order valence-corrected chi connectivity index (χ4v) is 1.87. The molecule has 0 aromatic heterocycles. The molecule has 0 fully saturated rings. The van der Waals surface area contributed by atoms with Crippen LogP contribution in [0.1, 0.15) is 18.1 Å². The third-order valence-electron chi connectivity index (χ3n) is 3.27. The Hall–Kier alpha value is -2.49. The van der Waals surface area contributed by atoms with Crippen molar-refractivity contribution >= 4 is 11.6 Å². The van der Waals surface area contributed by atoms with Crippen molar-refractivity contribution in [2.45, 2.75) is 26.9 Å². The van der Waals surface area contributed by atoms with Gasteiger partial charge in [-0.3, -0.25) is 4.79 Å². The highest BCUT2D eigenvalue weighted by atomic mass is 16.5. The number of carbonyl (C=O) groups excluding carboxylic acids is 1. The molecule has 2 aromatic rings. The SMILES string of the molecule is Cc1ccc(OC(C)C(=O)Nc2cccc(O)c2)cc1C. The lowest BCUT2D eigenvalue weighted by Gasteiger charge is -2.15. The van der Waals surface area contributed by atoms with E-state index in [2.05, 4.69) is 5.32 Å². The number of ether oxygens (including phenoxy) is 1.